The zero-order valence-corrected chi connectivity index (χ0v) is 9.66. The van der Waals surface area contributed by atoms with Crippen molar-refractivity contribution in [1.29, 1.82) is 0 Å². The van der Waals surface area contributed by atoms with E-state index < -0.39 is 24.1 Å². The maximum absolute atomic E-state index is 11.9. The summed E-state index contributed by atoms with van der Waals surface area (Å²) in [5.74, 6) is -1.07. The average Bonchev–Trinajstić information content (AvgIpc) is 2.63. The summed E-state index contributed by atoms with van der Waals surface area (Å²) in [5, 5.41) is 0. The van der Waals surface area contributed by atoms with E-state index in [1.165, 1.54) is 6.92 Å². The minimum absolute atomic E-state index is 0.261. The van der Waals surface area contributed by atoms with E-state index in [9.17, 15) is 14.4 Å². The van der Waals surface area contributed by atoms with E-state index in [-0.39, 0.29) is 6.61 Å². The molecule has 94 valence electrons. The summed E-state index contributed by atoms with van der Waals surface area (Å²) in [5.41, 5.74) is 0.429. The second-order valence-corrected chi connectivity index (χ2v) is 3.68. The lowest BCUT2D eigenvalue weighted by atomic mass is 10.2. The van der Waals surface area contributed by atoms with Gasteiger partial charge in [-0.05, 0) is 12.1 Å². The van der Waals surface area contributed by atoms with Crippen molar-refractivity contribution in [3.63, 3.8) is 0 Å². The Balaban J connectivity index is 2.12. The first-order valence-corrected chi connectivity index (χ1v) is 5.32. The number of carbonyl (C=O) groups excluding carboxylic acids is 3. The molecule has 0 aromatic heterocycles. The molecule has 1 heterocycles. The zero-order chi connectivity index (χ0) is 13.1. The highest BCUT2D eigenvalue weighted by molar-refractivity contribution is 6.18. The Bertz CT molecular complexity index is 485. The van der Waals surface area contributed by atoms with Gasteiger partial charge < -0.3 is 9.47 Å². The molecule has 1 aromatic rings. The summed E-state index contributed by atoms with van der Waals surface area (Å²) in [6, 6.07) is 8.41. The lowest BCUT2D eigenvalue weighted by Crippen LogP contribution is -2.33. The van der Waals surface area contributed by atoms with E-state index >= 15 is 0 Å². The highest BCUT2D eigenvalue weighted by Crippen LogP contribution is 2.22. The lowest BCUT2D eigenvalue weighted by Gasteiger charge is -2.10. The van der Waals surface area contributed by atoms with E-state index in [1.54, 1.807) is 30.3 Å². The standard InChI is InChI=1S/C12H11NO5/c1-8(14)17-7-10-11(15)13(12(16)18-10)9-5-3-2-4-6-9/h2-6,10H,7H2,1H3. The van der Waals surface area contributed by atoms with Gasteiger partial charge in [0.25, 0.3) is 5.91 Å². The molecular formula is C12H11NO5. The summed E-state index contributed by atoms with van der Waals surface area (Å²) >= 11 is 0. The Morgan fingerprint density at radius 3 is 2.61 bits per heavy atom. The molecule has 0 bridgehead atoms. The third kappa shape index (κ3) is 2.32. The molecule has 2 rings (SSSR count). The molecule has 1 aliphatic heterocycles. The molecule has 1 aliphatic rings. The van der Waals surface area contributed by atoms with Gasteiger partial charge in [0.15, 0.2) is 0 Å². The minimum Gasteiger partial charge on any atom is -0.461 e. The number of nitrogens with zero attached hydrogens (tertiary/aromatic N) is 1. The van der Waals surface area contributed by atoms with Crippen molar-refractivity contribution < 1.29 is 23.9 Å². The lowest BCUT2D eigenvalue weighted by molar-refractivity contribution is -0.144. The van der Waals surface area contributed by atoms with Crippen LogP contribution in [0.25, 0.3) is 0 Å². The number of rotatable bonds is 3. The Morgan fingerprint density at radius 2 is 2.00 bits per heavy atom. The smallest absolute Gasteiger partial charge is 0.422 e. The second-order valence-electron chi connectivity index (χ2n) is 3.68. The number of carbonyl (C=O) groups is 3. The van der Waals surface area contributed by atoms with Crippen LogP contribution >= 0.6 is 0 Å². The van der Waals surface area contributed by atoms with E-state index in [0.29, 0.717) is 5.69 Å². The first kappa shape index (κ1) is 12.1. The molecule has 0 spiro atoms. The molecule has 6 heteroatoms. The van der Waals surface area contributed by atoms with Crippen LogP contribution in [0.4, 0.5) is 10.5 Å². The molecule has 1 unspecified atom stereocenters. The third-order valence-electron chi connectivity index (χ3n) is 2.37. The Kier molecular flexibility index (Phi) is 3.27. The Hall–Kier alpha value is -2.37. The topological polar surface area (TPSA) is 72.9 Å². The largest absolute Gasteiger partial charge is 0.461 e. The average molecular weight is 249 g/mol. The molecule has 18 heavy (non-hydrogen) atoms. The van der Waals surface area contributed by atoms with Crippen molar-refractivity contribution in [2.75, 3.05) is 11.5 Å². The number of anilines is 1. The van der Waals surface area contributed by atoms with Gasteiger partial charge in [-0.3, -0.25) is 9.59 Å². The van der Waals surface area contributed by atoms with Crippen molar-refractivity contribution in [3.05, 3.63) is 30.3 Å². The maximum atomic E-state index is 11.9. The predicted molar refractivity (Wildman–Crippen MR) is 60.8 cm³/mol. The maximum Gasteiger partial charge on any atom is 0.422 e. The number of esters is 1. The number of amides is 2. The number of imide groups is 1. The van der Waals surface area contributed by atoms with Crippen molar-refractivity contribution >= 4 is 23.7 Å². The fourth-order valence-electron chi connectivity index (χ4n) is 1.57. The van der Waals surface area contributed by atoms with Gasteiger partial charge in [-0.2, -0.15) is 0 Å². The van der Waals surface area contributed by atoms with E-state index in [1.807, 2.05) is 0 Å². The van der Waals surface area contributed by atoms with Crippen molar-refractivity contribution in [2.24, 2.45) is 0 Å². The van der Waals surface area contributed by atoms with Gasteiger partial charge in [0.2, 0.25) is 6.10 Å². The van der Waals surface area contributed by atoms with Crippen LogP contribution < -0.4 is 4.90 Å². The number of ether oxygens (including phenoxy) is 2. The molecule has 0 radical (unpaired) electrons. The second kappa shape index (κ2) is 4.87. The molecule has 6 nitrogen and oxygen atoms in total. The van der Waals surface area contributed by atoms with Crippen LogP contribution in [-0.2, 0) is 19.1 Å². The third-order valence-corrected chi connectivity index (χ3v) is 2.37. The first-order valence-electron chi connectivity index (χ1n) is 5.32. The molecular weight excluding hydrogens is 238 g/mol. The molecule has 2 amide bonds. The van der Waals surface area contributed by atoms with Gasteiger partial charge in [0.05, 0.1) is 5.69 Å². The molecule has 1 fully saturated rings. The fraction of sp³-hybridized carbons (Fsp3) is 0.250. The van der Waals surface area contributed by atoms with Crippen molar-refractivity contribution in [2.45, 2.75) is 13.0 Å². The van der Waals surface area contributed by atoms with Crippen LogP contribution in [0.3, 0.4) is 0 Å². The summed E-state index contributed by atoms with van der Waals surface area (Å²) in [4.78, 5) is 35.1. The normalized spacial score (nSPS) is 18.7. The zero-order valence-electron chi connectivity index (χ0n) is 9.66. The van der Waals surface area contributed by atoms with Gasteiger partial charge in [-0.15, -0.1) is 0 Å². The van der Waals surface area contributed by atoms with Crippen LogP contribution in [0.5, 0.6) is 0 Å². The molecule has 1 saturated heterocycles. The number of hydrogen-bond acceptors (Lipinski definition) is 5. The quantitative estimate of drug-likeness (QED) is 0.750. The summed E-state index contributed by atoms with van der Waals surface area (Å²) in [6.45, 7) is 0.958. The highest BCUT2D eigenvalue weighted by Gasteiger charge is 2.42. The van der Waals surface area contributed by atoms with Crippen LogP contribution in [0.1, 0.15) is 6.92 Å². The van der Waals surface area contributed by atoms with E-state index in [4.69, 9.17) is 4.74 Å². The van der Waals surface area contributed by atoms with Gasteiger partial charge >= 0.3 is 12.1 Å². The van der Waals surface area contributed by atoms with Crippen molar-refractivity contribution in [1.82, 2.24) is 0 Å². The molecule has 1 atom stereocenters. The number of hydrogen-bond donors (Lipinski definition) is 0. The molecule has 0 aliphatic carbocycles. The van der Waals surface area contributed by atoms with Gasteiger partial charge in [-0.1, -0.05) is 18.2 Å². The van der Waals surface area contributed by atoms with Crippen molar-refractivity contribution in [3.8, 4) is 0 Å². The monoisotopic (exact) mass is 249 g/mol. The van der Waals surface area contributed by atoms with Crippen LogP contribution in [0, 0.1) is 0 Å². The SMILES string of the molecule is CC(=O)OCC1OC(=O)N(c2ccccc2)C1=O. The summed E-state index contributed by atoms with van der Waals surface area (Å²) < 4.78 is 9.52. The molecule has 0 N–H and O–H groups in total. The molecule has 1 aromatic carbocycles. The Labute approximate surface area is 103 Å². The van der Waals surface area contributed by atoms with Crippen LogP contribution in [0.15, 0.2) is 30.3 Å². The summed E-state index contributed by atoms with van der Waals surface area (Å²) in [7, 11) is 0. The number of para-hydroxylation sites is 1. The predicted octanol–water partition coefficient (Wildman–Crippen LogP) is 1.10. The van der Waals surface area contributed by atoms with Gasteiger partial charge in [0, 0.05) is 6.92 Å². The minimum atomic E-state index is -1.07. The highest BCUT2D eigenvalue weighted by atomic mass is 16.6. The fourth-order valence-corrected chi connectivity index (χ4v) is 1.57. The number of benzene rings is 1. The number of cyclic esters (lactones) is 1. The first-order chi connectivity index (χ1) is 8.59. The van der Waals surface area contributed by atoms with Crippen LogP contribution in [-0.4, -0.2) is 30.7 Å². The molecule has 0 saturated carbocycles. The van der Waals surface area contributed by atoms with Crippen LogP contribution in [0.2, 0.25) is 0 Å². The van der Waals surface area contributed by atoms with Gasteiger partial charge in [0.1, 0.15) is 6.61 Å². The summed E-state index contributed by atoms with van der Waals surface area (Å²) in [6.07, 6.45) is -1.83. The van der Waals surface area contributed by atoms with E-state index in [0.717, 1.165) is 4.90 Å². The Morgan fingerprint density at radius 1 is 1.33 bits per heavy atom. The van der Waals surface area contributed by atoms with E-state index in [2.05, 4.69) is 4.74 Å². The van der Waals surface area contributed by atoms with Gasteiger partial charge in [-0.25, -0.2) is 9.69 Å².